The summed E-state index contributed by atoms with van der Waals surface area (Å²) >= 11 is 0. The first-order valence-electron chi connectivity index (χ1n) is 7.46. The number of anilines is 1. The summed E-state index contributed by atoms with van der Waals surface area (Å²) in [5.74, 6) is 0. The number of nitrogens with one attached hydrogen (secondary N) is 1. The minimum Gasteiger partial charge on any atom is -0.383 e. The molecule has 0 spiro atoms. The lowest BCUT2D eigenvalue weighted by Gasteiger charge is -2.36. The standard InChI is InChI=1S/C16H24N2O/c1-18(12-15-7-4-5-9-19-15)14-10-13-6-2-3-8-16(13)17-11-14/h2-3,6,8,14-15,17H,4-5,7,9-12H2,1H3. The molecular weight excluding hydrogens is 236 g/mol. The minimum absolute atomic E-state index is 0.441. The molecule has 0 bridgehead atoms. The minimum atomic E-state index is 0.441. The Morgan fingerprint density at radius 2 is 2.21 bits per heavy atom. The lowest BCUT2D eigenvalue weighted by molar-refractivity contribution is -0.00746. The summed E-state index contributed by atoms with van der Waals surface area (Å²) in [5.41, 5.74) is 2.75. The molecule has 1 aromatic rings. The fourth-order valence-corrected chi connectivity index (χ4v) is 3.16. The number of rotatable bonds is 3. The van der Waals surface area contributed by atoms with Crippen LogP contribution in [0.1, 0.15) is 24.8 Å². The molecule has 2 unspecified atom stereocenters. The zero-order valence-corrected chi connectivity index (χ0v) is 11.8. The first-order chi connectivity index (χ1) is 9.33. The van der Waals surface area contributed by atoms with E-state index in [-0.39, 0.29) is 0 Å². The van der Waals surface area contributed by atoms with Crippen LogP contribution in [-0.4, -0.2) is 43.8 Å². The summed E-state index contributed by atoms with van der Waals surface area (Å²) in [4.78, 5) is 2.47. The predicted octanol–water partition coefficient (Wildman–Crippen LogP) is 2.52. The van der Waals surface area contributed by atoms with Crippen LogP contribution in [0.25, 0.3) is 0 Å². The Kier molecular flexibility index (Phi) is 4.04. The van der Waals surface area contributed by atoms with Gasteiger partial charge in [-0.1, -0.05) is 18.2 Å². The fraction of sp³-hybridized carbons (Fsp3) is 0.625. The van der Waals surface area contributed by atoms with Crippen LogP contribution in [0.3, 0.4) is 0 Å². The first-order valence-corrected chi connectivity index (χ1v) is 7.46. The molecule has 2 aliphatic heterocycles. The molecule has 3 heteroatoms. The Bertz CT molecular complexity index is 415. The third kappa shape index (κ3) is 3.10. The van der Waals surface area contributed by atoms with Gasteiger partial charge in [0.15, 0.2) is 0 Å². The highest BCUT2D eigenvalue weighted by molar-refractivity contribution is 5.53. The molecular formula is C16H24N2O. The Morgan fingerprint density at radius 3 is 3.05 bits per heavy atom. The van der Waals surface area contributed by atoms with Crippen LogP contribution < -0.4 is 5.32 Å². The van der Waals surface area contributed by atoms with Gasteiger partial charge in [-0.05, 0) is 44.4 Å². The maximum Gasteiger partial charge on any atom is 0.0702 e. The second-order valence-electron chi connectivity index (χ2n) is 5.82. The molecule has 2 aliphatic rings. The van der Waals surface area contributed by atoms with Crippen molar-refractivity contribution in [3.63, 3.8) is 0 Å². The van der Waals surface area contributed by atoms with Crippen LogP contribution in [0.4, 0.5) is 5.69 Å². The van der Waals surface area contributed by atoms with Gasteiger partial charge >= 0.3 is 0 Å². The monoisotopic (exact) mass is 260 g/mol. The number of fused-ring (bicyclic) bond motifs is 1. The topological polar surface area (TPSA) is 24.5 Å². The SMILES string of the molecule is CN(CC1CCCCO1)C1CNc2ccccc2C1. The highest BCUT2D eigenvalue weighted by Gasteiger charge is 2.24. The van der Waals surface area contributed by atoms with Gasteiger partial charge in [0.25, 0.3) is 0 Å². The van der Waals surface area contributed by atoms with E-state index in [2.05, 4.69) is 41.5 Å². The lowest BCUT2D eigenvalue weighted by Crippen LogP contribution is -2.45. The van der Waals surface area contributed by atoms with Crippen LogP contribution in [-0.2, 0) is 11.2 Å². The summed E-state index contributed by atoms with van der Waals surface area (Å²) in [6, 6.07) is 9.23. The summed E-state index contributed by atoms with van der Waals surface area (Å²) in [6.07, 6.45) is 5.37. The van der Waals surface area contributed by atoms with Gasteiger partial charge < -0.3 is 10.1 Å². The maximum atomic E-state index is 5.85. The number of para-hydroxylation sites is 1. The van der Waals surface area contributed by atoms with E-state index in [0.29, 0.717) is 12.1 Å². The summed E-state index contributed by atoms with van der Waals surface area (Å²) in [5, 5.41) is 3.55. The van der Waals surface area contributed by atoms with Gasteiger partial charge in [-0.3, -0.25) is 4.90 Å². The first kappa shape index (κ1) is 12.9. The Labute approximate surface area is 115 Å². The third-order valence-electron chi connectivity index (χ3n) is 4.39. The Hall–Kier alpha value is -1.06. The molecule has 19 heavy (non-hydrogen) atoms. The van der Waals surface area contributed by atoms with Crippen molar-refractivity contribution in [3.05, 3.63) is 29.8 Å². The number of benzene rings is 1. The number of likely N-dealkylation sites (N-methyl/N-ethyl adjacent to an activating group) is 1. The quantitative estimate of drug-likeness (QED) is 0.904. The van der Waals surface area contributed by atoms with Gasteiger partial charge in [0.1, 0.15) is 0 Å². The van der Waals surface area contributed by atoms with E-state index >= 15 is 0 Å². The maximum absolute atomic E-state index is 5.85. The molecule has 0 radical (unpaired) electrons. The third-order valence-corrected chi connectivity index (χ3v) is 4.39. The van der Waals surface area contributed by atoms with Gasteiger partial charge in [-0.2, -0.15) is 0 Å². The van der Waals surface area contributed by atoms with E-state index in [1.54, 1.807) is 0 Å². The Balaban J connectivity index is 1.58. The van der Waals surface area contributed by atoms with Crippen molar-refractivity contribution in [3.8, 4) is 0 Å². The van der Waals surface area contributed by atoms with E-state index in [0.717, 1.165) is 26.1 Å². The van der Waals surface area contributed by atoms with Crippen molar-refractivity contribution >= 4 is 5.69 Å². The predicted molar refractivity (Wildman–Crippen MR) is 78.6 cm³/mol. The molecule has 2 heterocycles. The van der Waals surface area contributed by atoms with E-state index < -0.39 is 0 Å². The van der Waals surface area contributed by atoms with Gasteiger partial charge in [0.2, 0.25) is 0 Å². The van der Waals surface area contributed by atoms with Crippen LogP contribution in [0.2, 0.25) is 0 Å². The molecule has 1 aromatic carbocycles. The highest BCUT2D eigenvalue weighted by Crippen LogP contribution is 2.24. The molecule has 3 rings (SSSR count). The second-order valence-corrected chi connectivity index (χ2v) is 5.82. The van der Waals surface area contributed by atoms with Crippen molar-refractivity contribution < 1.29 is 4.74 Å². The molecule has 1 N–H and O–H groups in total. The van der Waals surface area contributed by atoms with Gasteiger partial charge in [0.05, 0.1) is 6.10 Å². The molecule has 3 nitrogen and oxygen atoms in total. The second kappa shape index (κ2) is 5.93. The van der Waals surface area contributed by atoms with E-state index in [4.69, 9.17) is 4.74 Å². The highest BCUT2D eigenvalue weighted by atomic mass is 16.5. The molecule has 1 fully saturated rings. The van der Waals surface area contributed by atoms with Crippen LogP contribution in [0, 0.1) is 0 Å². The van der Waals surface area contributed by atoms with Crippen molar-refractivity contribution in [2.45, 2.75) is 37.8 Å². The number of ether oxygens (including phenoxy) is 1. The molecule has 104 valence electrons. The molecule has 0 aliphatic carbocycles. The Morgan fingerprint density at radius 1 is 1.32 bits per heavy atom. The van der Waals surface area contributed by atoms with Crippen molar-refractivity contribution in [2.24, 2.45) is 0 Å². The number of hydrogen-bond donors (Lipinski definition) is 1. The molecule has 0 aromatic heterocycles. The zero-order chi connectivity index (χ0) is 13.1. The fourth-order valence-electron chi connectivity index (χ4n) is 3.16. The van der Waals surface area contributed by atoms with Crippen molar-refractivity contribution in [1.82, 2.24) is 4.90 Å². The van der Waals surface area contributed by atoms with E-state index in [1.807, 2.05) is 0 Å². The molecule has 0 amide bonds. The van der Waals surface area contributed by atoms with Crippen molar-refractivity contribution in [1.29, 1.82) is 0 Å². The van der Waals surface area contributed by atoms with Gasteiger partial charge in [0, 0.05) is 31.4 Å². The largest absolute Gasteiger partial charge is 0.383 e. The molecule has 2 atom stereocenters. The van der Waals surface area contributed by atoms with Gasteiger partial charge in [-0.25, -0.2) is 0 Å². The average molecular weight is 260 g/mol. The summed E-state index contributed by atoms with van der Waals surface area (Å²) in [6.45, 7) is 3.05. The zero-order valence-electron chi connectivity index (χ0n) is 11.8. The van der Waals surface area contributed by atoms with Crippen LogP contribution in [0.5, 0.6) is 0 Å². The average Bonchev–Trinajstić information content (AvgIpc) is 2.48. The van der Waals surface area contributed by atoms with E-state index in [9.17, 15) is 0 Å². The van der Waals surface area contributed by atoms with Gasteiger partial charge in [-0.15, -0.1) is 0 Å². The van der Waals surface area contributed by atoms with E-state index in [1.165, 1.54) is 30.5 Å². The van der Waals surface area contributed by atoms with Crippen molar-refractivity contribution in [2.75, 3.05) is 32.1 Å². The normalized spacial score (nSPS) is 26.8. The lowest BCUT2D eigenvalue weighted by atomic mass is 9.98. The smallest absolute Gasteiger partial charge is 0.0702 e. The number of hydrogen-bond acceptors (Lipinski definition) is 3. The molecule has 1 saturated heterocycles. The van der Waals surface area contributed by atoms with Crippen LogP contribution >= 0.6 is 0 Å². The summed E-state index contributed by atoms with van der Waals surface area (Å²) in [7, 11) is 2.23. The summed E-state index contributed by atoms with van der Waals surface area (Å²) < 4.78 is 5.85. The molecule has 0 saturated carbocycles. The van der Waals surface area contributed by atoms with Crippen LogP contribution in [0.15, 0.2) is 24.3 Å². The number of nitrogens with zero attached hydrogens (tertiary/aromatic N) is 1.